The van der Waals surface area contributed by atoms with E-state index in [1.54, 1.807) is 35.2 Å². The molecule has 4 rings (SSSR count). The number of nitrogens with zero attached hydrogens (tertiary/aromatic N) is 3. The van der Waals surface area contributed by atoms with Crippen LogP contribution in [0.2, 0.25) is 5.02 Å². The minimum atomic E-state index is -0.311. The van der Waals surface area contributed by atoms with Crippen molar-refractivity contribution in [3.63, 3.8) is 0 Å². The van der Waals surface area contributed by atoms with Crippen molar-refractivity contribution in [1.82, 2.24) is 15.2 Å². The van der Waals surface area contributed by atoms with Gasteiger partial charge in [-0.3, -0.25) is 4.79 Å². The average molecular weight is 401 g/mol. The molecule has 4 aromatic rings. The fourth-order valence-electron chi connectivity index (χ4n) is 2.84. The normalized spacial score (nSPS) is 10.9. The predicted octanol–water partition coefficient (Wildman–Crippen LogP) is 4.96. The maximum Gasteiger partial charge on any atom is 0.271 e. The van der Waals surface area contributed by atoms with Crippen LogP contribution in [0.25, 0.3) is 16.9 Å². The summed E-state index contributed by atoms with van der Waals surface area (Å²) in [7, 11) is 0. The molecule has 6 heteroatoms. The highest BCUT2D eigenvalue weighted by molar-refractivity contribution is 6.30. The van der Waals surface area contributed by atoms with Gasteiger partial charge in [0.15, 0.2) is 0 Å². The van der Waals surface area contributed by atoms with E-state index in [1.807, 2.05) is 66.9 Å². The number of benzene rings is 3. The number of para-hydroxylation sites is 1. The van der Waals surface area contributed by atoms with Gasteiger partial charge >= 0.3 is 0 Å². The molecule has 1 heterocycles. The first-order valence-electron chi connectivity index (χ1n) is 9.00. The summed E-state index contributed by atoms with van der Waals surface area (Å²) >= 11 is 5.86. The molecule has 3 aromatic carbocycles. The van der Waals surface area contributed by atoms with E-state index in [0.29, 0.717) is 10.6 Å². The molecule has 1 amide bonds. The Labute approximate surface area is 173 Å². The lowest BCUT2D eigenvalue weighted by Crippen LogP contribution is -2.17. The topological polar surface area (TPSA) is 59.3 Å². The van der Waals surface area contributed by atoms with E-state index in [4.69, 9.17) is 16.7 Å². The van der Waals surface area contributed by atoms with Crippen molar-refractivity contribution in [2.45, 2.75) is 0 Å². The Kier molecular flexibility index (Phi) is 5.49. The Balaban J connectivity index is 1.61. The summed E-state index contributed by atoms with van der Waals surface area (Å²) in [5.41, 5.74) is 6.50. The molecule has 0 spiro atoms. The van der Waals surface area contributed by atoms with E-state index in [-0.39, 0.29) is 5.91 Å². The van der Waals surface area contributed by atoms with E-state index in [2.05, 4.69) is 10.5 Å². The molecular formula is C23H17ClN4O. The minimum absolute atomic E-state index is 0.311. The van der Waals surface area contributed by atoms with Crippen molar-refractivity contribution in [1.29, 1.82) is 0 Å². The maximum absolute atomic E-state index is 12.2. The standard InChI is InChI=1S/C23H17ClN4O/c24-20-13-11-18(12-14-20)23(29)26-25-15-19-16-28(21-9-5-2-6-10-21)27-22(19)17-7-3-1-4-8-17/h1-16H,(H,26,29)/b25-15-. The first-order valence-corrected chi connectivity index (χ1v) is 9.38. The average Bonchev–Trinajstić information content (AvgIpc) is 3.19. The van der Waals surface area contributed by atoms with E-state index in [9.17, 15) is 4.79 Å². The Bertz CT molecular complexity index is 1140. The second kappa shape index (κ2) is 8.54. The summed E-state index contributed by atoms with van der Waals surface area (Å²) in [5.74, 6) is -0.311. The van der Waals surface area contributed by atoms with Gasteiger partial charge in [0, 0.05) is 27.9 Å². The molecule has 29 heavy (non-hydrogen) atoms. The smallest absolute Gasteiger partial charge is 0.267 e. The number of aromatic nitrogens is 2. The SMILES string of the molecule is O=C(N/N=C\c1cn(-c2ccccc2)nc1-c1ccccc1)c1ccc(Cl)cc1. The van der Waals surface area contributed by atoms with Gasteiger partial charge in [0.2, 0.25) is 0 Å². The number of halogens is 1. The van der Waals surface area contributed by atoms with Gasteiger partial charge in [0.05, 0.1) is 11.9 Å². The van der Waals surface area contributed by atoms with E-state index < -0.39 is 0 Å². The number of hydrogen-bond donors (Lipinski definition) is 1. The number of nitrogens with one attached hydrogen (secondary N) is 1. The molecule has 0 aliphatic heterocycles. The van der Waals surface area contributed by atoms with Crippen LogP contribution in [-0.4, -0.2) is 21.9 Å². The van der Waals surface area contributed by atoms with Gasteiger partial charge in [0.25, 0.3) is 5.91 Å². The van der Waals surface area contributed by atoms with Crippen LogP contribution in [0.1, 0.15) is 15.9 Å². The summed E-state index contributed by atoms with van der Waals surface area (Å²) < 4.78 is 1.80. The molecule has 0 aliphatic rings. The summed E-state index contributed by atoms with van der Waals surface area (Å²) in [4.78, 5) is 12.2. The van der Waals surface area contributed by atoms with Gasteiger partial charge in [-0.05, 0) is 36.4 Å². The Morgan fingerprint density at radius 3 is 2.28 bits per heavy atom. The molecule has 142 valence electrons. The number of hydrogen-bond acceptors (Lipinski definition) is 3. The molecule has 0 saturated heterocycles. The van der Waals surface area contributed by atoms with Crippen LogP contribution in [0.3, 0.4) is 0 Å². The zero-order valence-corrected chi connectivity index (χ0v) is 16.1. The van der Waals surface area contributed by atoms with Crippen LogP contribution in [0.15, 0.2) is 96.2 Å². The highest BCUT2D eigenvalue weighted by Crippen LogP contribution is 2.22. The van der Waals surface area contributed by atoms with Crippen LogP contribution >= 0.6 is 11.6 Å². The van der Waals surface area contributed by atoms with Gasteiger partial charge in [-0.1, -0.05) is 60.1 Å². The van der Waals surface area contributed by atoms with E-state index in [1.165, 1.54) is 0 Å². The van der Waals surface area contributed by atoms with Crippen LogP contribution < -0.4 is 5.43 Å². The van der Waals surface area contributed by atoms with Crippen molar-refractivity contribution in [3.05, 3.63) is 107 Å². The summed E-state index contributed by atoms with van der Waals surface area (Å²) in [5, 5.41) is 9.41. The third-order valence-electron chi connectivity index (χ3n) is 4.29. The Morgan fingerprint density at radius 2 is 1.59 bits per heavy atom. The van der Waals surface area contributed by atoms with Crippen molar-refractivity contribution < 1.29 is 4.79 Å². The summed E-state index contributed by atoms with van der Waals surface area (Å²) in [6, 6.07) is 26.3. The molecule has 0 bridgehead atoms. The number of carbonyl (C=O) groups excluding carboxylic acids is 1. The second-order valence-electron chi connectivity index (χ2n) is 6.29. The fraction of sp³-hybridized carbons (Fsp3) is 0. The molecule has 0 atom stereocenters. The van der Waals surface area contributed by atoms with E-state index >= 15 is 0 Å². The lowest BCUT2D eigenvalue weighted by molar-refractivity contribution is 0.0955. The number of carbonyl (C=O) groups is 1. The number of hydrazone groups is 1. The molecule has 0 fully saturated rings. The first kappa shape index (κ1) is 18.7. The van der Waals surface area contributed by atoms with Gasteiger partial charge in [-0.25, -0.2) is 10.1 Å². The lowest BCUT2D eigenvalue weighted by atomic mass is 10.1. The number of rotatable bonds is 5. The highest BCUT2D eigenvalue weighted by Gasteiger charge is 2.11. The quantitative estimate of drug-likeness (QED) is 0.380. The van der Waals surface area contributed by atoms with Crippen molar-refractivity contribution >= 4 is 23.7 Å². The Morgan fingerprint density at radius 1 is 0.931 bits per heavy atom. The van der Waals surface area contributed by atoms with Gasteiger partial charge in [-0.2, -0.15) is 10.2 Å². The maximum atomic E-state index is 12.2. The molecule has 0 radical (unpaired) electrons. The third-order valence-corrected chi connectivity index (χ3v) is 4.54. The highest BCUT2D eigenvalue weighted by atomic mass is 35.5. The largest absolute Gasteiger partial charge is 0.271 e. The molecular weight excluding hydrogens is 384 g/mol. The van der Waals surface area contributed by atoms with Crippen LogP contribution in [0.4, 0.5) is 0 Å². The molecule has 0 unspecified atom stereocenters. The number of amides is 1. The zero-order chi connectivity index (χ0) is 20.1. The Hall–Kier alpha value is -3.70. The molecule has 1 N–H and O–H groups in total. The fourth-order valence-corrected chi connectivity index (χ4v) is 2.97. The predicted molar refractivity (Wildman–Crippen MR) is 116 cm³/mol. The van der Waals surface area contributed by atoms with E-state index in [0.717, 1.165) is 22.5 Å². The van der Waals surface area contributed by atoms with Gasteiger partial charge < -0.3 is 0 Å². The van der Waals surface area contributed by atoms with Crippen LogP contribution in [-0.2, 0) is 0 Å². The second-order valence-corrected chi connectivity index (χ2v) is 6.72. The molecule has 0 aliphatic carbocycles. The van der Waals surface area contributed by atoms with Crippen molar-refractivity contribution in [2.75, 3.05) is 0 Å². The van der Waals surface area contributed by atoms with Gasteiger partial charge in [0.1, 0.15) is 5.69 Å². The lowest BCUT2D eigenvalue weighted by Gasteiger charge is -2.00. The van der Waals surface area contributed by atoms with Crippen LogP contribution in [0.5, 0.6) is 0 Å². The zero-order valence-electron chi connectivity index (χ0n) is 15.4. The van der Waals surface area contributed by atoms with Crippen molar-refractivity contribution in [2.24, 2.45) is 5.10 Å². The van der Waals surface area contributed by atoms with Gasteiger partial charge in [-0.15, -0.1) is 0 Å². The third kappa shape index (κ3) is 4.42. The molecule has 1 aromatic heterocycles. The summed E-state index contributed by atoms with van der Waals surface area (Å²) in [6.07, 6.45) is 3.48. The minimum Gasteiger partial charge on any atom is -0.267 e. The molecule has 5 nitrogen and oxygen atoms in total. The summed E-state index contributed by atoms with van der Waals surface area (Å²) in [6.45, 7) is 0. The monoisotopic (exact) mass is 400 g/mol. The first-order chi connectivity index (χ1) is 14.2. The molecule has 0 saturated carbocycles. The van der Waals surface area contributed by atoms with Crippen LogP contribution in [0, 0.1) is 0 Å². The van der Waals surface area contributed by atoms with Crippen molar-refractivity contribution in [3.8, 4) is 16.9 Å².